The highest BCUT2D eigenvalue weighted by molar-refractivity contribution is 5.68. The highest BCUT2D eigenvalue weighted by Gasteiger charge is 2.13. The summed E-state index contributed by atoms with van der Waals surface area (Å²) in [4.78, 5) is 10.2. The number of carboxylic acid groups (broad SMARTS) is 1. The van der Waals surface area contributed by atoms with E-state index in [0.29, 0.717) is 0 Å². The molecule has 16 heavy (non-hydrogen) atoms. The fraction of sp³-hybridized carbons (Fsp3) is 0.300. The second kappa shape index (κ2) is 5.53. The van der Waals surface area contributed by atoms with Crippen LogP contribution in [0.2, 0.25) is 0 Å². The molecule has 1 aromatic rings. The van der Waals surface area contributed by atoms with Gasteiger partial charge in [0.1, 0.15) is 11.6 Å². The van der Waals surface area contributed by atoms with E-state index in [1.807, 2.05) is 0 Å². The van der Waals surface area contributed by atoms with Crippen LogP contribution < -0.4 is 5.32 Å². The highest BCUT2D eigenvalue weighted by atomic mass is 19.1. The maximum Gasteiger partial charge on any atom is 0.317 e. The van der Waals surface area contributed by atoms with Crippen LogP contribution in [0.1, 0.15) is 11.7 Å². The number of nitrogens with one attached hydrogen (secondary N) is 1. The van der Waals surface area contributed by atoms with Crippen molar-refractivity contribution in [2.45, 2.75) is 6.10 Å². The van der Waals surface area contributed by atoms with Crippen LogP contribution in [0.15, 0.2) is 18.2 Å². The second-order valence-corrected chi connectivity index (χ2v) is 3.21. The van der Waals surface area contributed by atoms with Gasteiger partial charge in [-0.1, -0.05) is 0 Å². The number of aliphatic carboxylic acids is 1. The molecule has 0 bridgehead atoms. The quantitative estimate of drug-likeness (QED) is 0.696. The zero-order valence-electron chi connectivity index (χ0n) is 8.28. The molecule has 1 atom stereocenters. The lowest BCUT2D eigenvalue weighted by atomic mass is 10.1. The molecule has 0 spiro atoms. The molecular weight excluding hydrogens is 220 g/mol. The number of carboxylic acids is 1. The first-order chi connectivity index (χ1) is 7.50. The molecule has 0 aliphatic heterocycles. The molecule has 0 aliphatic carbocycles. The standard InChI is InChI=1S/C10H11F2NO3/c11-6-1-2-8(12)7(3-6)9(14)4-13-5-10(15)16/h1-3,9,13-14H,4-5H2,(H,15,16). The molecular formula is C10H11F2NO3. The molecule has 0 heterocycles. The molecule has 88 valence electrons. The molecule has 0 aliphatic rings. The minimum atomic E-state index is -1.28. The van der Waals surface area contributed by atoms with Crippen LogP contribution >= 0.6 is 0 Å². The van der Waals surface area contributed by atoms with Crippen molar-refractivity contribution in [1.82, 2.24) is 5.32 Å². The third-order valence-corrected chi connectivity index (χ3v) is 1.93. The van der Waals surface area contributed by atoms with Crippen molar-refractivity contribution in [3.63, 3.8) is 0 Å². The molecule has 0 saturated heterocycles. The van der Waals surface area contributed by atoms with Gasteiger partial charge in [-0.05, 0) is 18.2 Å². The van der Waals surface area contributed by atoms with Crippen molar-refractivity contribution in [3.8, 4) is 0 Å². The normalized spacial score (nSPS) is 12.4. The van der Waals surface area contributed by atoms with Crippen molar-refractivity contribution < 1.29 is 23.8 Å². The van der Waals surface area contributed by atoms with Crippen molar-refractivity contribution in [1.29, 1.82) is 0 Å². The number of aliphatic hydroxyl groups is 1. The van der Waals surface area contributed by atoms with Gasteiger partial charge < -0.3 is 15.5 Å². The average molecular weight is 231 g/mol. The number of hydrogen-bond acceptors (Lipinski definition) is 3. The van der Waals surface area contributed by atoms with Crippen molar-refractivity contribution in [3.05, 3.63) is 35.4 Å². The summed E-state index contributed by atoms with van der Waals surface area (Å²) in [6, 6.07) is 2.73. The zero-order valence-corrected chi connectivity index (χ0v) is 8.28. The van der Waals surface area contributed by atoms with E-state index in [-0.39, 0.29) is 18.7 Å². The predicted molar refractivity (Wildman–Crippen MR) is 51.8 cm³/mol. The zero-order chi connectivity index (χ0) is 12.1. The maximum absolute atomic E-state index is 13.1. The van der Waals surface area contributed by atoms with Crippen LogP contribution in [0.25, 0.3) is 0 Å². The summed E-state index contributed by atoms with van der Waals surface area (Å²) < 4.78 is 25.9. The monoisotopic (exact) mass is 231 g/mol. The van der Waals surface area contributed by atoms with Gasteiger partial charge in [0.05, 0.1) is 12.6 Å². The minimum absolute atomic E-state index is 0.160. The Morgan fingerprint density at radius 2 is 2.12 bits per heavy atom. The summed E-state index contributed by atoms with van der Waals surface area (Å²) in [6.07, 6.45) is -1.28. The topological polar surface area (TPSA) is 69.6 Å². The first kappa shape index (κ1) is 12.5. The molecule has 1 unspecified atom stereocenters. The van der Waals surface area contributed by atoms with E-state index in [9.17, 15) is 18.7 Å². The van der Waals surface area contributed by atoms with Crippen LogP contribution in [-0.2, 0) is 4.79 Å². The van der Waals surface area contributed by atoms with Crippen LogP contribution in [0.3, 0.4) is 0 Å². The molecule has 0 aromatic heterocycles. The average Bonchev–Trinajstić information content (AvgIpc) is 2.21. The van der Waals surface area contributed by atoms with Crippen LogP contribution in [0.4, 0.5) is 8.78 Å². The second-order valence-electron chi connectivity index (χ2n) is 3.21. The van der Waals surface area contributed by atoms with E-state index in [4.69, 9.17) is 5.11 Å². The van der Waals surface area contributed by atoms with Gasteiger partial charge >= 0.3 is 5.97 Å². The number of carbonyl (C=O) groups is 1. The number of rotatable bonds is 5. The van der Waals surface area contributed by atoms with Crippen molar-refractivity contribution in [2.75, 3.05) is 13.1 Å². The van der Waals surface area contributed by atoms with Gasteiger partial charge in [-0.3, -0.25) is 4.79 Å². The Kier molecular flexibility index (Phi) is 4.33. The summed E-state index contributed by atoms with van der Waals surface area (Å²) in [7, 11) is 0. The van der Waals surface area contributed by atoms with E-state index in [0.717, 1.165) is 18.2 Å². The molecule has 1 aromatic carbocycles. The Morgan fingerprint density at radius 3 is 2.75 bits per heavy atom. The first-order valence-corrected chi connectivity index (χ1v) is 4.56. The van der Waals surface area contributed by atoms with Gasteiger partial charge in [-0.25, -0.2) is 8.78 Å². The molecule has 0 saturated carbocycles. The van der Waals surface area contributed by atoms with E-state index < -0.39 is 23.7 Å². The van der Waals surface area contributed by atoms with Crippen LogP contribution in [0.5, 0.6) is 0 Å². The lowest BCUT2D eigenvalue weighted by molar-refractivity contribution is -0.136. The van der Waals surface area contributed by atoms with Crippen LogP contribution in [0, 0.1) is 11.6 Å². The molecule has 0 amide bonds. The third kappa shape index (κ3) is 3.56. The number of hydrogen-bond donors (Lipinski definition) is 3. The minimum Gasteiger partial charge on any atom is -0.480 e. The molecule has 1 rings (SSSR count). The lowest BCUT2D eigenvalue weighted by Gasteiger charge is -2.12. The van der Waals surface area contributed by atoms with Gasteiger partial charge in [0.2, 0.25) is 0 Å². The molecule has 4 nitrogen and oxygen atoms in total. The lowest BCUT2D eigenvalue weighted by Crippen LogP contribution is -2.27. The summed E-state index contributed by atoms with van der Waals surface area (Å²) in [5.74, 6) is -2.48. The largest absolute Gasteiger partial charge is 0.480 e. The van der Waals surface area contributed by atoms with Crippen LogP contribution in [-0.4, -0.2) is 29.3 Å². The number of halogens is 2. The molecule has 6 heteroatoms. The van der Waals surface area contributed by atoms with E-state index in [2.05, 4.69) is 5.32 Å². The van der Waals surface area contributed by atoms with Gasteiger partial charge in [0.25, 0.3) is 0 Å². The SMILES string of the molecule is O=C(O)CNCC(O)c1cc(F)ccc1F. The Morgan fingerprint density at radius 1 is 1.44 bits per heavy atom. The van der Waals surface area contributed by atoms with Crippen molar-refractivity contribution in [2.24, 2.45) is 0 Å². The third-order valence-electron chi connectivity index (χ3n) is 1.93. The summed E-state index contributed by atoms with van der Waals surface area (Å²) in [6.45, 7) is -0.513. The molecule has 3 N–H and O–H groups in total. The van der Waals surface area contributed by atoms with E-state index >= 15 is 0 Å². The van der Waals surface area contributed by atoms with Crippen molar-refractivity contribution >= 4 is 5.97 Å². The Bertz CT molecular complexity index is 384. The Labute approximate surface area is 90.5 Å². The van der Waals surface area contributed by atoms with Gasteiger partial charge in [-0.15, -0.1) is 0 Å². The fourth-order valence-electron chi connectivity index (χ4n) is 1.20. The summed E-state index contributed by atoms with van der Waals surface area (Å²) in [5, 5.41) is 20.2. The smallest absolute Gasteiger partial charge is 0.317 e. The fourth-order valence-corrected chi connectivity index (χ4v) is 1.20. The number of benzene rings is 1. The van der Waals surface area contributed by atoms with Gasteiger partial charge in [0, 0.05) is 12.1 Å². The first-order valence-electron chi connectivity index (χ1n) is 4.56. The van der Waals surface area contributed by atoms with E-state index in [1.54, 1.807) is 0 Å². The Balaban J connectivity index is 2.61. The van der Waals surface area contributed by atoms with Gasteiger partial charge in [0.15, 0.2) is 0 Å². The van der Waals surface area contributed by atoms with E-state index in [1.165, 1.54) is 0 Å². The Hall–Kier alpha value is -1.53. The summed E-state index contributed by atoms with van der Waals surface area (Å²) in [5.41, 5.74) is -0.196. The highest BCUT2D eigenvalue weighted by Crippen LogP contribution is 2.17. The molecule has 0 fully saturated rings. The maximum atomic E-state index is 13.1. The van der Waals surface area contributed by atoms with Gasteiger partial charge in [-0.2, -0.15) is 0 Å². The predicted octanol–water partition coefficient (Wildman–Crippen LogP) is 0.672. The summed E-state index contributed by atoms with van der Waals surface area (Å²) >= 11 is 0. The molecule has 0 radical (unpaired) electrons. The number of aliphatic hydroxyl groups excluding tert-OH is 1.